The average molecular weight is 270 g/mol. The van der Waals surface area contributed by atoms with E-state index >= 15 is 0 Å². The van der Waals surface area contributed by atoms with Crippen molar-refractivity contribution in [3.63, 3.8) is 0 Å². The minimum absolute atomic E-state index is 0.511. The van der Waals surface area contributed by atoms with Gasteiger partial charge in [-0.1, -0.05) is 18.2 Å². The minimum Gasteiger partial charge on any atom is -0.478 e. The maximum atomic E-state index is 11.1. The molecule has 0 saturated heterocycles. The number of hydrogen-bond donors (Lipinski definition) is 1. The van der Waals surface area contributed by atoms with Crippen LogP contribution >= 0.6 is 0 Å². The Bertz CT molecular complexity index is 798. The molecule has 4 heteroatoms. The summed E-state index contributed by atoms with van der Waals surface area (Å²) in [6, 6.07) is 13.0. The van der Waals surface area contributed by atoms with Crippen LogP contribution in [0, 0.1) is 0 Å². The molecule has 102 valence electrons. The number of benzene rings is 2. The summed E-state index contributed by atoms with van der Waals surface area (Å²) in [5.41, 5.74) is 0.288. The lowest BCUT2D eigenvalue weighted by Crippen LogP contribution is -2.37. The highest BCUT2D eigenvalue weighted by molar-refractivity contribution is 6.05. The van der Waals surface area contributed by atoms with Gasteiger partial charge in [-0.3, -0.25) is 0 Å². The molecule has 3 rings (SSSR count). The highest BCUT2D eigenvalue weighted by Crippen LogP contribution is 2.32. The minimum atomic E-state index is -1.27. The smallest absolute Gasteiger partial charge is 0.347 e. The van der Waals surface area contributed by atoms with Crippen LogP contribution in [-0.2, 0) is 4.79 Å². The predicted octanol–water partition coefficient (Wildman–Crippen LogP) is 3.83. The lowest BCUT2D eigenvalue weighted by Gasteiger charge is -2.21. The van der Waals surface area contributed by atoms with E-state index in [2.05, 4.69) is 0 Å². The normalized spacial score (nSPS) is 11.9. The summed E-state index contributed by atoms with van der Waals surface area (Å²) in [4.78, 5) is 11.1. The van der Waals surface area contributed by atoms with Crippen LogP contribution < -0.4 is 4.74 Å². The predicted molar refractivity (Wildman–Crippen MR) is 76.1 cm³/mol. The van der Waals surface area contributed by atoms with E-state index in [-0.39, 0.29) is 0 Å². The van der Waals surface area contributed by atoms with Gasteiger partial charge in [-0.15, -0.1) is 0 Å². The van der Waals surface area contributed by atoms with Crippen molar-refractivity contribution in [1.82, 2.24) is 0 Å². The maximum absolute atomic E-state index is 11.1. The fourth-order valence-corrected chi connectivity index (χ4v) is 2.11. The number of carboxylic acid groups (broad SMARTS) is 1. The van der Waals surface area contributed by atoms with Crippen molar-refractivity contribution in [2.75, 3.05) is 0 Å². The summed E-state index contributed by atoms with van der Waals surface area (Å²) in [6.07, 6.45) is 0. The number of fused-ring (bicyclic) bond motifs is 3. The van der Waals surface area contributed by atoms with Gasteiger partial charge in [-0.05, 0) is 38.1 Å². The van der Waals surface area contributed by atoms with Crippen molar-refractivity contribution in [1.29, 1.82) is 0 Å². The van der Waals surface area contributed by atoms with Crippen molar-refractivity contribution in [3.05, 3.63) is 42.5 Å². The van der Waals surface area contributed by atoms with Crippen LogP contribution in [0.5, 0.6) is 5.75 Å². The standard InChI is InChI=1S/C16H14O4/c1-16(2,15(17)18)20-10-7-8-14-12(9-10)11-5-3-4-6-13(11)19-14/h3-9H,1-2H3,(H,17,18). The molecule has 0 bridgehead atoms. The topological polar surface area (TPSA) is 59.7 Å². The molecule has 0 fully saturated rings. The Morgan fingerprint density at radius 2 is 1.80 bits per heavy atom. The van der Waals surface area contributed by atoms with Crippen LogP contribution in [0.2, 0.25) is 0 Å². The Balaban J connectivity index is 2.10. The van der Waals surface area contributed by atoms with E-state index in [1.807, 2.05) is 30.3 Å². The average Bonchev–Trinajstić information content (AvgIpc) is 2.76. The van der Waals surface area contributed by atoms with E-state index in [1.165, 1.54) is 13.8 Å². The molecule has 0 radical (unpaired) electrons. The van der Waals surface area contributed by atoms with Crippen LogP contribution in [0.15, 0.2) is 46.9 Å². The molecule has 4 nitrogen and oxygen atoms in total. The van der Waals surface area contributed by atoms with Gasteiger partial charge in [0.05, 0.1) is 0 Å². The molecule has 0 spiro atoms. The summed E-state index contributed by atoms with van der Waals surface area (Å²) in [5, 5.41) is 11.0. The van der Waals surface area contributed by atoms with Crippen LogP contribution in [-0.4, -0.2) is 16.7 Å². The molecule has 1 aromatic heterocycles. The Morgan fingerprint density at radius 1 is 1.10 bits per heavy atom. The molecule has 0 aliphatic heterocycles. The van der Waals surface area contributed by atoms with Crippen LogP contribution in [0.25, 0.3) is 21.9 Å². The van der Waals surface area contributed by atoms with Gasteiger partial charge in [0.2, 0.25) is 0 Å². The number of hydrogen-bond acceptors (Lipinski definition) is 3. The molecule has 1 N–H and O–H groups in total. The second kappa shape index (κ2) is 4.27. The summed E-state index contributed by atoms with van der Waals surface area (Å²) in [5.74, 6) is -0.494. The van der Waals surface area contributed by atoms with Gasteiger partial charge >= 0.3 is 5.97 Å². The molecular formula is C16H14O4. The molecule has 0 saturated carbocycles. The van der Waals surface area contributed by atoms with Crippen molar-refractivity contribution in [2.45, 2.75) is 19.4 Å². The Hall–Kier alpha value is -2.49. The number of para-hydroxylation sites is 1. The SMILES string of the molecule is CC(C)(Oc1ccc2oc3ccccc3c2c1)C(=O)O. The first kappa shape index (κ1) is 12.5. The largest absolute Gasteiger partial charge is 0.478 e. The number of rotatable bonds is 3. The van der Waals surface area contributed by atoms with E-state index in [0.717, 1.165) is 21.9 Å². The zero-order valence-corrected chi connectivity index (χ0v) is 11.2. The van der Waals surface area contributed by atoms with Gasteiger partial charge in [0.15, 0.2) is 5.60 Å². The zero-order chi connectivity index (χ0) is 14.3. The maximum Gasteiger partial charge on any atom is 0.347 e. The van der Waals surface area contributed by atoms with E-state index < -0.39 is 11.6 Å². The molecule has 20 heavy (non-hydrogen) atoms. The third kappa shape index (κ3) is 1.99. The van der Waals surface area contributed by atoms with Crippen molar-refractivity contribution >= 4 is 27.9 Å². The summed E-state index contributed by atoms with van der Waals surface area (Å²) in [6.45, 7) is 3.04. The number of carbonyl (C=O) groups is 1. The number of aliphatic carboxylic acids is 1. The molecule has 3 aromatic rings. The van der Waals surface area contributed by atoms with Crippen LogP contribution in [0.1, 0.15) is 13.8 Å². The van der Waals surface area contributed by atoms with Gasteiger partial charge in [-0.25, -0.2) is 4.79 Å². The third-order valence-corrected chi connectivity index (χ3v) is 3.24. The van der Waals surface area contributed by atoms with Crippen molar-refractivity contribution in [2.24, 2.45) is 0 Å². The number of furan rings is 1. The molecule has 2 aromatic carbocycles. The second-order valence-corrected chi connectivity index (χ2v) is 5.17. The van der Waals surface area contributed by atoms with Gasteiger partial charge in [0, 0.05) is 10.8 Å². The Morgan fingerprint density at radius 3 is 2.55 bits per heavy atom. The second-order valence-electron chi connectivity index (χ2n) is 5.17. The molecular weight excluding hydrogens is 256 g/mol. The zero-order valence-electron chi connectivity index (χ0n) is 11.2. The van der Waals surface area contributed by atoms with Crippen molar-refractivity contribution < 1.29 is 19.1 Å². The monoisotopic (exact) mass is 270 g/mol. The summed E-state index contributed by atoms with van der Waals surface area (Å²) < 4.78 is 11.3. The highest BCUT2D eigenvalue weighted by atomic mass is 16.5. The Kier molecular flexibility index (Phi) is 2.67. The van der Waals surface area contributed by atoms with Gasteiger partial charge in [-0.2, -0.15) is 0 Å². The van der Waals surface area contributed by atoms with E-state index in [9.17, 15) is 4.79 Å². The number of ether oxygens (including phenoxy) is 1. The molecule has 0 aliphatic rings. The fraction of sp³-hybridized carbons (Fsp3) is 0.188. The molecule has 0 atom stereocenters. The summed E-state index contributed by atoms with van der Waals surface area (Å²) in [7, 11) is 0. The van der Waals surface area contributed by atoms with E-state index in [0.29, 0.717) is 5.75 Å². The molecule has 0 unspecified atom stereocenters. The molecule has 1 heterocycles. The van der Waals surface area contributed by atoms with E-state index in [1.54, 1.807) is 12.1 Å². The first-order valence-electron chi connectivity index (χ1n) is 6.31. The van der Waals surface area contributed by atoms with Crippen molar-refractivity contribution in [3.8, 4) is 5.75 Å². The number of carboxylic acids is 1. The lowest BCUT2D eigenvalue weighted by atomic mass is 10.1. The first-order chi connectivity index (χ1) is 9.47. The van der Waals surface area contributed by atoms with Gasteiger partial charge in [0.1, 0.15) is 16.9 Å². The summed E-state index contributed by atoms with van der Waals surface area (Å²) >= 11 is 0. The third-order valence-electron chi connectivity index (χ3n) is 3.24. The lowest BCUT2D eigenvalue weighted by molar-refractivity contribution is -0.152. The highest BCUT2D eigenvalue weighted by Gasteiger charge is 2.29. The first-order valence-corrected chi connectivity index (χ1v) is 6.31. The fourth-order valence-electron chi connectivity index (χ4n) is 2.11. The van der Waals surface area contributed by atoms with Gasteiger partial charge in [0.25, 0.3) is 0 Å². The quantitative estimate of drug-likeness (QED) is 0.785. The van der Waals surface area contributed by atoms with Crippen LogP contribution in [0.4, 0.5) is 0 Å². The molecule has 0 amide bonds. The van der Waals surface area contributed by atoms with E-state index in [4.69, 9.17) is 14.3 Å². The van der Waals surface area contributed by atoms with Crippen LogP contribution in [0.3, 0.4) is 0 Å². The Labute approximate surface area is 115 Å². The molecule has 0 aliphatic carbocycles. The van der Waals surface area contributed by atoms with Gasteiger partial charge < -0.3 is 14.3 Å².